The zero-order chi connectivity index (χ0) is 12.7. The molecule has 0 saturated heterocycles. The highest BCUT2D eigenvalue weighted by molar-refractivity contribution is 5.71. The van der Waals surface area contributed by atoms with Crippen LogP contribution in [0.3, 0.4) is 0 Å². The maximum absolute atomic E-state index is 11.5. The number of hydrogen-bond donors (Lipinski definition) is 1. The zero-order valence-electron chi connectivity index (χ0n) is 10.2. The number of esters is 1. The number of methoxy groups -OCH3 is 1. The molecule has 1 rings (SSSR count). The fourth-order valence-electron chi connectivity index (χ4n) is 1.67. The van der Waals surface area contributed by atoms with E-state index in [9.17, 15) is 9.90 Å². The van der Waals surface area contributed by atoms with Crippen molar-refractivity contribution < 1.29 is 19.4 Å². The van der Waals surface area contributed by atoms with E-state index in [-0.39, 0.29) is 13.0 Å². The van der Waals surface area contributed by atoms with Crippen molar-refractivity contribution >= 4 is 5.97 Å². The lowest BCUT2D eigenvalue weighted by molar-refractivity contribution is -0.151. The Morgan fingerprint density at radius 1 is 1.35 bits per heavy atom. The van der Waals surface area contributed by atoms with Gasteiger partial charge in [0.2, 0.25) is 0 Å². The average Bonchev–Trinajstić information content (AvgIpc) is 2.30. The minimum absolute atomic E-state index is 0.0514. The van der Waals surface area contributed by atoms with Crippen molar-refractivity contribution in [3.63, 3.8) is 0 Å². The van der Waals surface area contributed by atoms with Gasteiger partial charge in [0.1, 0.15) is 5.60 Å². The molecular formula is C13H18O4. The van der Waals surface area contributed by atoms with Crippen LogP contribution in [-0.4, -0.2) is 31.4 Å². The molecule has 0 aromatic heterocycles. The summed E-state index contributed by atoms with van der Waals surface area (Å²) in [5.74, 6) is -0.434. The van der Waals surface area contributed by atoms with Crippen LogP contribution in [0.15, 0.2) is 30.3 Å². The van der Waals surface area contributed by atoms with Crippen molar-refractivity contribution in [2.24, 2.45) is 0 Å². The summed E-state index contributed by atoms with van der Waals surface area (Å²) in [4.78, 5) is 11.5. The summed E-state index contributed by atoms with van der Waals surface area (Å²) in [5, 5.41) is 10.5. The summed E-state index contributed by atoms with van der Waals surface area (Å²) in [6.45, 7) is 2.09. The number of carbonyl (C=O) groups excluding carboxylic acids is 1. The van der Waals surface area contributed by atoms with E-state index < -0.39 is 11.6 Å². The third-order valence-corrected chi connectivity index (χ3v) is 2.44. The van der Waals surface area contributed by atoms with Gasteiger partial charge in [-0.25, -0.2) is 0 Å². The monoisotopic (exact) mass is 238 g/mol. The molecule has 0 aliphatic rings. The molecule has 94 valence electrons. The normalized spacial score (nSPS) is 14.1. The van der Waals surface area contributed by atoms with Crippen molar-refractivity contribution in [2.45, 2.75) is 18.9 Å². The molecule has 0 saturated carbocycles. The van der Waals surface area contributed by atoms with Crippen LogP contribution in [0.4, 0.5) is 0 Å². The first-order valence-corrected chi connectivity index (χ1v) is 5.55. The van der Waals surface area contributed by atoms with Crippen molar-refractivity contribution in [1.82, 2.24) is 0 Å². The van der Waals surface area contributed by atoms with Crippen LogP contribution in [-0.2, 0) is 19.9 Å². The number of aliphatic hydroxyl groups is 1. The van der Waals surface area contributed by atoms with Gasteiger partial charge in [0.05, 0.1) is 19.6 Å². The molecule has 0 radical (unpaired) electrons. The summed E-state index contributed by atoms with van der Waals surface area (Å²) in [6, 6.07) is 8.99. The molecule has 0 unspecified atom stereocenters. The molecule has 1 N–H and O–H groups in total. The Morgan fingerprint density at radius 2 is 2.00 bits per heavy atom. The van der Waals surface area contributed by atoms with E-state index in [4.69, 9.17) is 9.47 Å². The first-order chi connectivity index (χ1) is 8.12. The minimum atomic E-state index is -1.33. The predicted molar refractivity (Wildman–Crippen MR) is 63.5 cm³/mol. The topological polar surface area (TPSA) is 55.8 Å². The highest BCUT2D eigenvalue weighted by Gasteiger charge is 2.32. The van der Waals surface area contributed by atoms with Crippen LogP contribution in [0.1, 0.15) is 18.9 Å². The number of ether oxygens (including phenoxy) is 2. The summed E-state index contributed by atoms with van der Waals surface area (Å²) >= 11 is 0. The van der Waals surface area contributed by atoms with Gasteiger partial charge in [-0.3, -0.25) is 4.79 Å². The Balaban J connectivity index is 2.86. The van der Waals surface area contributed by atoms with Crippen molar-refractivity contribution in [2.75, 3.05) is 20.3 Å². The third kappa shape index (κ3) is 3.84. The van der Waals surface area contributed by atoms with Gasteiger partial charge < -0.3 is 14.6 Å². The lowest BCUT2D eigenvalue weighted by atomic mass is 9.91. The quantitative estimate of drug-likeness (QED) is 0.763. The first-order valence-electron chi connectivity index (χ1n) is 5.55. The second-order valence-corrected chi connectivity index (χ2v) is 3.81. The van der Waals surface area contributed by atoms with Gasteiger partial charge in [0, 0.05) is 7.11 Å². The predicted octanol–water partition coefficient (Wildman–Crippen LogP) is 1.47. The van der Waals surface area contributed by atoms with Gasteiger partial charge in [-0.1, -0.05) is 30.3 Å². The molecule has 1 atom stereocenters. The van der Waals surface area contributed by atoms with Crippen LogP contribution in [0.5, 0.6) is 0 Å². The zero-order valence-corrected chi connectivity index (χ0v) is 10.2. The molecule has 17 heavy (non-hydrogen) atoms. The average molecular weight is 238 g/mol. The van der Waals surface area contributed by atoms with Gasteiger partial charge in [-0.2, -0.15) is 0 Å². The lowest BCUT2D eigenvalue weighted by Gasteiger charge is -2.26. The number of carbonyl (C=O) groups is 1. The maximum Gasteiger partial charge on any atom is 0.309 e. The standard InChI is InChI=1S/C13H18O4/c1-3-17-12(14)9-13(15,10-16-2)11-7-5-4-6-8-11/h4-8,15H,3,9-10H2,1-2H3/t13-/m1/s1. The van der Waals surface area contributed by atoms with Gasteiger partial charge in [-0.05, 0) is 12.5 Å². The smallest absolute Gasteiger partial charge is 0.309 e. The van der Waals surface area contributed by atoms with Gasteiger partial charge in [-0.15, -0.1) is 0 Å². The van der Waals surface area contributed by atoms with E-state index in [0.717, 1.165) is 0 Å². The van der Waals surface area contributed by atoms with Crippen LogP contribution in [0, 0.1) is 0 Å². The second kappa shape index (κ2) is 6.37. The Kier molecular flexibility index (Phi) is 5.12. The molecule has 4 nitrogen and oxygen atoms in total. The van der Waals surface area contributed by atoms with Crippen LogP contribution in [0.2, 0.25) is 0 Å². The van der Waals surface area contributed by atoms with Crippen LogP contribution >= 0.6 is 0 Å². The van der Waals surface area contributed by atoms with E-state index in [1.165, 1.54) is 7.11 Å². The number of hydrogen-bond acceptors (Lipinski definition) is 4. The fourth-order valence-corrected chi connectivity index (χ4v) is 1.67. The number of rotatable bonds is 6. The molecule has 0 aliphatic heterocycles. The fraction of sp³-hybridized carbons (Fsp3) is 0.462. The molecule has 0 amide bonds. The highest BCUT2D eigenvalue weighted by Crippen LogP contribution is 2.25. The van der Waals surface area contributed by atoms with E-state index in [2.05, 4.69) is 0 Å². The molecule has 0 bridgehead atoms. The molecule has 0 aliphatic carbocycles. The van der Waals surface area contributed by atoms with Crippen molar-refractivity contribution in [3.8, 4) is 0 Å². The Morgan fingerprint density at radius 3 is 2.53 bits per heavy atom. The molecule has 0 heterocycles. The summed E-state index contributed by atoms with van der Waals surface area (Å²) in [7, 11) is 1.49. The van der Waals surface area contributed by atoms with Crippen molar-refractivity contribution in [3.05, 3.63) is 35.9 Å². The molecule has 1 aromatic rings. The van der Waals surface area contributed by atoms with Gasteiger partial charge >= 0.3 is 5.97 Å². The van der Waals surface area contributed by atoms with E-state index in [0.29, 0.717) is 12.2 Å². The lowest BCUT2D eigenvalue weighted by Crippen LogP contribution is -2.34. The molecular weight excluding hydrogens is 220 g/mol. The molecule has 0 spiro atoms. The highest BCUT2D eigenvalue weighted by atomic mass is 16.5. The molecule has 0 fully saturated rings. The summed E-state index contributed by atoms with van der Waals surface area (Å²) in [5.41, 5.74) is -0.683. The molecule has 1 aromatic carbocycles. The van der Waals surface area contributed by atoms with Crippen molar-refractivity contribution in [1.29, 1.82) is 0 Å². The van der Waals surface area contributed by atoms with E-state index in [1.807, 2.05) is 6.07 Å². The van der Waals surface area contributed by atoms with E-state index >= 15 is 0 Å². The van der Waals surface area contributed by atoms with Crippen LogP contribution in [0.25, 0.3) is 0 Å². The summed E-state index contributed by atoms with van der Waals surface area (Å²) in [6.07, 6.45) is -0.112. The first kappa shape index (κ1) is 13.7. The Bertz CT molecular complexity index is 350. The summed E-state index contributed by atoms with van der Waals surface area (Å²) < 4.78 is 9.83. The Hall–Kier alpha value is -1.39. The molecule has 4 heteroatoms. The Labute approximate surface area is 101 Å². The second-order valence-electron chi connectivity index (χ2n) is 3.81. The van der Waals surface area contributed by atoms with Gasteiger partial charge in [0.15, 0.2) is 0 Å². The SMILES string of the molecule is CCOC(=O)C[C@@](O)(COC)c1ccccc1. The largest absolute Gasteiger partial charge is 0.466 e. The van der Waals surface area contributed by atoms with E-state index in [1.54, 1.807) is 31.2 Å². The van der Waals surface area contributed by atoms with Gasteiger partial charge in [0.25, 0.3) is 0 Å². The minimum Gasteiger partial charge on any atom is -0.466 e. The van der Waals surface area contributed by atoms with Crippen LogP contribution < -0.4 is 0 Å². The third-order valence-electron chi connectivity index (χ3n) is 2.44. The number of benzene rings is 1. The maximum atomic E-state index is 11.5.